The second-order valence-electron chi connectivity index (χ2n) is 8.12. The predicted molar refractivity (Wildman–Crippen MR) is 108 cm³/mol. The summed E-state index contributed by atoms with van der Waals surface area (Å²) in [6.07, 6.45) is 7.94. The highest BCUT2D eigenvalue weighted by Crippen LogP contribution is 2.49. The molecule has 0 radical (unpaired) electrons. The standard InChI is InChI=1S/C24H31NO/c1-26-23-12-7-11-21(18-23)24-14-6-5-10-22(24)19-25(17-15-24)16-13-20-8-3-2-4-9-20/h2-4,7-9,11-12,18,22H,5-6,10,13-17,19H2,1H3/t22-,24+/m0/s1. The zero-order valence-corrected chi connectivity index (χ0v) is 16.0. The van der Waals surface area contributed by atoms with Crippen molar-refractivity contribution < 1.29 is 4.74 Å². The third-order valence-electron chi connectivity index (χ3n) is 6.76. The Kier molecular flexibility index (Phi) is 5.31. The first-order chi connectivity index (χ1) is 12.8. The Balaban J connectivity index is 1.48. The van der Waals surface area contributed by atoms with Crippen LogP contribution in [0.5, 0.6) is 5.75 Å². The largest absolute Gasteiger partial charge is 0.497 e. The van der Waals surface area contributed by atoms with Crippen molar-refractivity contribution in [3.8, 4) is 5.75 Å². The molecule has 0 unspecified atom stereocenters. The van der Waals surface area contributed by atoms with E-state index in [0.29, 0.717) is 5.41 Å². The second kappa shape index (κ2) is 7.84. The molecule has 1 saturated carbocycles. The van der Waals surface area contributed by atoms with Crippen molar-refractivity contribution >= 4 is 0 Å². The number of hydrogen-bond donors (Lipinski definition) is 0. The van der Waals surface area contributed by atoms with E-state index in [1.54, 1.807) is 7.11 Å². The number of methoxy groups -OCH3 is 1. The van der Waals surface area contributed by atoms with E-state index in [0.717, 1.165) is 11.7 Å². The Morgan fingerprint density at radius 3 is 2.77 bits per heavy atom. The molecule has 2 atom stereocenters. The number of likely N-dealkylation sites (tertiary alicyclic amines) is 1. The van der Waals surface area contributed by atoms with E-state index in [4.69, 9.17) is 4.74 Å². The fraction of sp³-hybridized carbons (Fsp3) is 0.500. The number of fused-ring (bicyclic) bond motifs is 1. The number of hydrogen-bond acceptors (Lipinski definition) is 2. The maximum absolute atomic E-state index is 5.52. The fourth-order valence-corrected chi connectivity index (χ4v) is 5.26. The SMILES string of the molecule is COc1cccc([C@]23CCCC[C@H]2CN(CCc2ccccc2)CC3)c1. The molecule has 2 aromatic carbocycles. The van der Waals surface area contributed by atoms with Crippen LogP contribution in [-0.2, 0) is 11.8 Å². The highest BCUT2D eigenvalue weighted by Gasteiger charge is 2.45. The molecule has 4 rings (SSSR count). The third-order valence-corrected chi connectivity index (χ3v) is 6.76. The first-order valence-corrected chi connectivity index (χ1v) is 10.2. The number of piperidine rings is 1. The van der Waals surface area contributed by atoms with Gasteiger partial charge < -0.3 is 9.64 Å². The summed E-state index contributed by atoms with van der Waals surface area (Å²) in [5.41, 5.74) is 3.35. The number of ether oxygens (including phenoxy) is 1. The van der Waals surface area contributed by atoms with Crippen LogP contribution in [0.4, 0.5) is 0 Å². The van der Waals surface area contributed by atoms with Gasteiger partial charge in [0.2, 0.25) is 0 Å². The molecule has 0 N–H and O–H groups in total. The first-order valence-electron chi connectivity index (χ1n) is 10.2. The van der Waals surface area contributed by atoms with Gasteiger partial charge in [0.1, 0.15) is 5.75 Å². The van der Waals surface area contributed by atoms with Crippen LogP contribution < -0.4 is 4.74 Å². The molecule has 1 heterocycles. The molecule has 2 fully saturated rings. The lowest BCUT2D eigenvalue weighted by molar-refractivity contribution is 0.0568. The summed E-state index contributed by atoms with van der Waals surface area (Å²) in [6, 6.07) is 19.8. The van der Waals surface area contributed by atoms with Crippen LogP contribution in [0, 0.1) is 5.92 Å². The second-order valence-corrected chi connectivity index (χ2v) is 8.12. The van der Waals surface area contributed by atoms with E-state index in [2.05, 4.69) is 59.5 Å². The zero-order chi connectivity index (χ0) is 17.8. The highest BCUT2D eigenvalue weighted by molar-refractivity contribution is 5.35. The molecule has 0 amide bonds. The molecule has 0 bridgehead atoms. The van der Waals surface area contributed by atoms with Gasteiger partial charge in [-0.1, -0.05) is 55.3 Å². The molecule has 0 aromatic heterocycles. The zero-order valence-electron chi connectivity index (χ0n) is 16.0. The summed E-state index contributed by atoms with van der Waals surface area (Å²) in [5, 5.41) is 0. The van der Waals surface area contributed by atoms with Gasteiger partial charge >= 0.3 is 0 Å². The van der Waals surface area contributed by atoms with Gasteiger partial charge in [-0.05, 0) is 61.4 Å². The lowest BCUT2D eigenvalue weighted by Gasteiger charge is -2.51. The van der Waals surface area contributed by atoms with Crippen molar-refractivity contribution in [3.63, 3.8) is 0 Å². The van der Waals surface area contributed by atoms with Crippen molar-refractivity contribution in [2.75, 3.05) is 26.7 Å². The smallest absolute Gasteiger partial charge is 0.119 e. The highest BCUT2D eigenvalue weighted by atomic mass is 16.5. The summed E-state index contributed by atoms with van der Waals surface area (Å²) >= 11 is 0. The van der Waals surface area contributed by atoms with Crippen LogP contribution in [0.3, 0.4) is 0 Å². The molecule has 138 valence electrons. The number of rotatable bonds is 5. The minimum absolute atomic E-state index is 0.371. The van der Waals surface area contributed by atoms with Crippen LogP contribution in [0.15, 0.2) is 54.6 Å². The van der Waals surface area contributed by atoms with Gasteiger partial charge in [0, 0.05) is 18.5 Å². The summed E-state index contributed by atoms with van der Waals surface area (Å²) < 4.78 is 5.52. The molecule has 2 aromatic rings. The van der Waals surface area contributed by atoms with Crippen molar-refractivity contribution in [3.05, 3.63) is 65.7 Å². The van der Waals surface area contributed by atoms with Gasteiger partial charge in [-0.25, -0.2) is 0 Å². The maximum Gasteiger partial charge on any atom is 0.119 e. The topological polar surface area (TPSA) is 12.5 Å². The van der Waals surface area contributed by atoms with Gasteiger partial charge in [-0.3, -0.25) is 0 Å². The monoisotopic (exact) mass is 349 g/mol. The van der Waals surface area contributed by atoms with Crippen molar-refractivity contribution in [2.24, 2.45) is 5.92 Å². The Labute approximate surface area is 158 Å². The van der Waals surface area contributed by atoms with Gasteiger partial charge in [0.05, 0.1) is 7.11 Å². The van der Waals surface area contributed by atoms with Crippen molar-refractivity contribution in [2.45, 2.75) is 43.9 Å². The molecular weight excluding hydrogens is 318 g/mol. The molecule has 1 aliphatic heterocycles. The molecule has 26 heavy (non-hydrogen) atoms. The molecule has 2 heteroatoms. The van der Waals surface area contributed by atoms with Crippen LogP contribution in [-0.4, -0.2) is 31.6 Å². The lowest BCUT2D eigenvalue weighted by atomic mass is 9.59. The van der Waals surface area contributed by atoms with Crippen LogP contribution >= 0.6 is 0 Å². The number of benzene rings is 2. The lowest BCUT2D eigenvalue weighted by Crippen LogP contribution is -2.51. The Morgan fingerprint density at radius 1 is 1.04 bits per heavy atom. The van der Waals surface area contributed by atoms with E-state index in [1.165, 1.54) is 69.3 Å². The summed E-state index contributed by atoms with van der Waals surface area (Å²) in [7, 11) is 1.78. The Hall–Kier alpha value is -1.80. The van der Waals surface area contributed by atoms with Gasteiger partial charge in [0.25, 0.3) is 0 Å². The quantitative estimate of drug-likeness (QED) is 0.747. The Bertz CT molecular complexity index is 713. The first kappa shape index (κ1) is 17.6. The summed E-state index contributed by atoms with van der Waals surface area (Å²) in [6.45, 7) is 3.67. The van der Waals surface area contributed by atoms with Crippen LogP contribution in [0.2, 0.25) is 0 Å². The van der Waals surface area contributed by atoms with Gasteiger partial charge in [-0.2, -0.15) is 0 Å². The predicted octanol–water partition coefficient (Wildman–Crippen LogP) is 5.07. The molecular formula is C24H31NO. The molecule has 2 aliphatic rings. The summed E-state index contributed by atoms with van der Waals surface area (Å²) in [4.78, 5) is 2.71. The van der Waals surface area contributed by atoms with Crippen LogP contribution in [0.1, 0.15) is 43.2 Å². The number of nitrogens with zero attached hydrogens (tertiary/aromatic N) is 1. The van der Waals surface area contributed by atoms with Crippen molar-refractivity contribution in [1.29, 1.82) is 0 Å². The maximum atomic E-state index is 5.52. The molecule has 0 spiro atoms. The third kappa shape index (κ3) is 3.53. The average molecular weight is 350 g/mol. The molecule has 1 aliphatic carbocycles. The van der Waals surface area contributed by atoms with E-state index in [-0.39, 0.29) is 0 Å². The fourth-order valence-electron chi connectivity index (χ4n) is 5.26. The molecule has 2 nitrogen and oxygen atoms in total. The van der Waals surface area contributed by atoms with E-state index < -0.39 is 0 Å². The van der Waals surface area contributed by atoms with Gasteiger partial charge in [-0.15, -0.1) is 0 Å². The van der Waals surface area contributed by atoms with Gasteiger partial charge in [0.15, 0.2) is 0 Å². The average Bonchev–Trinajstić information content (AvgIpc) is 2.73. The van der Waals surface area contributed by atoms with Crippen LogP contribution in [0.25, 0.3) is 0 Å². The van der Waals surface area contributed by atoms with E-state index in [1.807, 2.05) is 0 Å². The normalized spacial score (nSPS) is 26.3. The van der Waals surface area contributed by atoms with E-state index in [9.17, 15) is 0 Å². The molecule has 1 saturated heterocycles. The Morgan fingerprint density at radius 2 is 1.92 bits per heavy atom. The van der Waals surface area contributed by atoms with E-state index >= 15 is 0 Å². The minimum atomic E-state index is 0.371. The summed E-state index contributed by atoms with van der Waals surface area (Å²) in [5.74, 6) is 1.79. The van der Waals surface area contributed by atoms with Crippen molar-refractivity contribution in [1.82, 2.24) is 4.90 Å². The minimum Gasteiger partial charge on any atom is -0.497 e.